The van der Waals surface area contributed by atoms with E-state index in [1.165, 1.54) is 41.1 Å². The van der Waals surface area contributed by atoms with Crippen molar-refractivity contribution in [3.8, 4) is 5.69 Å². The molecule has 0 spiro atoms. The van der Waals surface area contributed by atoms with Gasteiger partial charge < -0.3 is 5.32 Å². The summed E-state index contributed by atoms with van der Waals surface area (Å²) in [4.78, 5) is 11.6. The van der Waals surface area contributed by atoms with Gasteiger partial charge in [0.05, 0.1) is 22.7 Å². The van der Waals surface area contributed by atoms with Gasteiger partial charge in [-0.15, -0.1) is 5.10 Å². The van der Waals surface area contributed by atoms with Crippen LogP contribution in [0.5, 0.6) is 0 Å². The van der Waals surface area contributed by atoms with Crippen LogP contribution in [0, 0.1) is 5.82 Å². The monoisotopic (exact) mass is 411 g/mol. The van der Waals surface area contributed by atoms with Crippen molar-refractivity contribution in [2.24, 2.45) is 0 Å². The van der Waals surface area contributed by atoms with E-state index >= 15 is 0 Å². The molecule has 8 nitrogen and oxygen atoms in total. The molecule has 1 N–H and O–H groups in total. The lowest BCUT2D eigenvalue weighted by Gasteiger charge is -2.10. The van der Waals surface area contributed by atoms with E-state index in [9.17, 15) is 26.4 Å². The van der Waals surface area contributed by atoms with Crippen LogP contribution in [0.2, 0.25) is 0 Å². The Morgan fingerprint density at radius 3 is 2.46 bits per heavy atom. The summed E-state index contributed by atoms with van der Waals surface area (Å²) in [5.41, 5.74) is -0.0000612. The number of carbonyl (C=O) groups is 1. The summed E-state index contributed by atoms with van der Waals surface area (Å²) >= 11 is 0. The van der Waals surface area contributed by atoms with Crippen LogP contribution < -0.4 is 5.32 Å². The average Bonchev–Trinajstić information content (AvgIpc) is 3.15. The van der Waals surface area contributed by atoms with Crippen molar-refractivity contribution in [1.82, 2.24) is 25.5 Å². The minimum atomic E-state index is -4.96. The van der Waals surface area contributed by atoms with Crippen LogP contribution in [0.3, 0.4) is 0 Å². The quantitative estimate of drug-likeness (QED) is 0.662. The van der Waals surface area contributed by atoms with Crippen molar-refractivity contribution < 1.29 is 26.4 Å². The summed E-state index contributed by atoms with van der Waals surface area (Å²) in [7, 11) is -4.96. The van der Waals surface area contributed by atoms with Crippen LogP contribution in [-0.4, -0.2) is 40.3 Å². The number of aromatic nitrogens is 4. The molecule has 1 amide bonds. The number of nitrogens with one attached hydrogen (secondary N) is 1. The molecule has 0 saturated carbocycles. The smallest absolute Gasteiger partial charge is 0.341 e. The number of hydrogen-bond acceptors (Lipinski definition) is 6. The zero-order valence-electron chi connectivity index (χ0n) is 14.0. The number of hydrogen-bond donors (Lipinski definition) is 1. The lowest BCUT2D eigenvalue weighted by molar-refractivity contribution is 0.0946. The third-order valence-electron chi connectivity index (χ3n) is 3.69. The molecule has 0 atom stereocenters. The fourth-order valence-corrected chi connectivity index (χ4v) is 3.28. The topological polar surface area (TPSA) is 107 Å². The number of halogens is 3. The lowest BCUT2D eigenvalue weighted by atomic mass is 10.2. The Labute approximate surface area is 156 Å². The standard InChI is InChI=1S/C16H12F3N5O3S/c17-10-5-7-11(8-6-10)24-14(21-22-23-24)9-20-15(25)12-3-1-2-4-13(12)28(26,27)16(18)19/h1-8,16H,9H2,(H,20,25). The maximum absolute atomic E-state index is 13.0. The molecule has 0 radical (unpaired) electrons. The molecule has 0 unspecified atom stereocenters. The molecule has 1 aromatic heterocycles. The van der Waals surface area contributed by atoms with Crippen LogP contribution >= 0.6 is 0 Å². The van der Waals surface area contributed by atoms with Crippen LogP contribution in [0.25, 0.3) is 5.69 Å². The van der Waals surface area contributed by atoms with E-state index in [1.807, 2.05) is 0 Å². The normalized spacial score (nSPS) is 11.6. The average molecular weight is 411 g/mol. The predicted octanol–water partition coefficient (Wildman–Crippen LogP) is 1.73. The van der Waals surface area contributed by atoms with Crippen LogP contribution in [0.1, 0.15) is 16.2 Å². The second-order valence-electron chi connectivity index (χ2n) is 5.47. The van der Waals surface area contributed by atoms with Gasteiger partial charge in [0.2, 0.25) is 9.84 Å². The summed E-state index contributed by atoms with van der Waals surface area (Å²) in [6.45, 7) is -0.230. The summed E-state index contributed by atoms with van der Waals surface area (Å²) in [6.07, 6.45) is 0. The van der Waals surface area contributed by atoms with Gasteiger partial charge in [-0.05, 0) is 46.8 Å². The molecular weight excluding hydrogens is 399 g/mol. The molecule has 28 heavy (non-hydrogen) atoms. The first kappa shape index (κ1) is 19.5. The van der Waals surface area contributed by atoms with Crippen molar-refractivity contribution in [3.63, 3.8) is 0 Å². The molecular formula is C16H12F3N5O3S. The summed E-state index contributed by atoms with van der Waals surface area (Å²) in [5.74, 6) is -4.85. The predicted molar refractivity (Wildman–Crippen MR) is 89.9 cm³/mol. The van der Waals surface area contributed by atoms with E-state index in [0.717, 1.165) is 12.1 Å². The number of alkyl halides is 2. The Morgan fingerprint density at radius 2 is 1.79 bits per heavy atom. The first-order valence-electron chi connectivity index (χ1n) is 7.73. The summed E-state index contributed by atoms with van der Waals surface area (Å²) < 4.78 is 63.5. The van der Waals surface area contributed by atoms with Gasteiger partial charge in [0, 0.05) is 0 Å². The fraction of sp³-hybridized carbons (Fsp3) is 0.125. The molecule has 146 valence electrons. The number of benzene rings is 2. The molecule has 0 bridgehead atoms. The highest BCUT2D eigenvalue weighted by Crippen LogP contribution is 2.22. The van der Waals surface area contributed by atoms with Crippen molar-refractivity contribution in [2.45, 2.75) is 17.2 Å². The van der Waals surface area contributed by atoms with Gasteiger partial charge in [0.25, 0.3) is 5.91 Å². The molecule has 3 rings (SSSR count). The Bertz CT molecular complexity index is 1100. The van der Waals surface area contributed by atoms with E-state index in [2.05, 4.69) is 20.8 Å². The highest BCUT2D eigenvalue weighted by molar-refractivity contribution is 7.91. The molecule has 0 aliphatic carbocycles. The number of rotatable bonds is 6. The lowest BCUT2D eigenvalue weighted by Crippen LogP contribution is -2.27. The molecule has 0 saturated heterocycles. The number of tetrazole rings is 1. The van der Waals surface area contributed by atoms with Gasteiger partial charge in [0.15, 0.2) is 5.82 Å². The number of nitrogens with zero attached hydrogens (tertiary/aromatic N) is 4. The van der Waals surface area contributed by atoms with Gasteiger partial charge >= 0.3 is 5.76 Å². The van der Waals surface area contributed by atoms with Gasteiger partial charge in [-0.1, -0.05) is 12.1 Å². The number of carbonyl (C=O) groups excluding carboxylic acids is 1. The van der Waals surface area contributed by atoms with Gasteiger partial charge in [-0.2, -0.15) is 13.5 Å². The van der Waals surface area contributed by atoms with E-state index in [0.29, 0.717) is 5.69 Å². The van der Waals surface area contributed by atoms with E-state index < -0.39 is 37.8 Å². The first-order chi connectivity index (χ1) is 13.3. The highest BCUT2D eigenvalue weighted by atomic mass is 32.2. The largest absolute Gasteiger partial charge is 0.345 e. The van der Waals surface area contributed by atoms with Crippen LogP contribution in [-0.2, 0) is 16.4 Å². The van der Waals surface area contributed by atoms with Gasteiger partial charge in [-0.25, -0.2) is 12.8 Å². The van der Waals surface area contributed by atoms with Gasteiger partial charge in [0.1, 0.15) is 5.82 Å². The molecule has 0 aliphatic rings. The zero-order chi connectivity index (χ0) is 20.3. The second-order valence-corrected chi connectivity index (χ2v) is 7.35. The minimum absolute atomic E-state index is 0.161. The van der Waals surface area contributed by atoms with E-state index in [1.54, 1.807) is 0 Å². The third-order valence-corrected chi connectivity index (χ3v) is 5.12. The molecule has 0 fully saturated rings. The van der Waals surface area contributed by atoms with Crippen molar-refractivity contribution in [2.75, 3.05) is 0 Å². The Hall–Kier alpha value is -3.28. The van der Waals surface area contributed by atoms with E-state index in [-0.39, 0.29) is 12.4 Å². The van der Waals surface area contributed by atoms with Crippen molar-refractivity contribution in [3.05, 3.63) is 65.7 Å². The molecule has 3 aromatic rings. The van der Waals surface area contributed by atoms with Crippen molar-refractivity contribution in [1.29, 1.82) is 0 Å². The molecule has 0 aliphatic heterocycles. The molecule has 12 heteroatoms. The van der Waals surface area contributed by atoms with Crippen molar-refractivity contribution >= 4 is 15.7 Å². The van der Waals surface area contributed by atoms with Crippen LogP contribution in [0.15, 0.2) is 53.4 Å². The minimum Gasteiger partial charge on any atom is -0.345 e. The Kier molecular flexibility index (Phi) is 5.40. The number of amides is 1. The first-order valence-corrected chi connectivity index (χ1v) is 9.28. The fourth-order valence-electron chi connectivity index (χ4n) is 2.35. The Balaban J connectivity index is 1.82. The molecule has 1 heterocycles. The summed E-state index contributed by atoms with van der Waals surface area (Å²) in [6, 6.07) is 9.87. The van der Waals surface area contributed by atoms with Gasteiger partial charge in [-0.3, -0.25) is 4.79 Å². The second kappa shape index (κ2) is 7.76. The third kappa shape index (κ3) is 3.86. The van der Waals surface area contributed by atoms with Crippen LogP contribution in [0.4, 0.5) is 13.2 Å². The van der Waals surface area contributed by atoms with E-state index in [4.69, 9.17) is 0 Å². The maximum Gasteiger partial charge on any atom is 0.341 e. The maximum atomic E-state index is 13.0. The SMILES string of the molecule is O=C(NCc1nnnn1-c1ccc(F)cc1)c1ccccc1S(=O)(=O)C(F)F. The highest BCUT2D eigenvalue weighted by Gasteiger charge is 2.30. The summed E-state index contributed by atoms with van der Waals surface area (Å²) in [5, 5.41) is 13.3. The number of sulfone groups is 1. The molecule has 2 aromatic carbocycles. The zero-order valence-corrected chi connectivity index (χ0v) is 14.8. The Morgan fingerprint density at radius 1 is 1.11 bits per heavy atom.